The second-order valence-electron chi connectivity index (χ2n) is 7.91. The molecule has 3 aliphatic rings. The van der Waals surface area contributed by atoms with Gasteiger partial charge in [0.15, 0.2) is 0 Å². The summed E-state index contributed by atoms with van der Waals surface area (Å²) in [5, 5.41) is 9.04. The molecule has 30 heavy (non-hydrogen) atoms. The van der Waals surface area contributed by atoms with Crippen LogP contribution in [0, 0.1) is 0 Å². The molecule has 8 nitrogen and oxygen atoms in total. The quantitative estimate of drug-likeness (QED) is 0.743. The van der Waals surface area contributed by atoms with Crippen molar-refractivity contribution in [1.82, 2.24) is 24.7 Å². The molecule has 0 radical (unpaired) electrons. The number of rotatable bonds is 3. The van der Waals surface area contributed by atoms with Crippen molar-refractivity contribution in [2.45, 2.75) is 25.3 Å². The molecule has 2 amide bonds. The van der Waals surface area contributed by atoms with Gasteiger partial charge in [-0.2, -0.15) is 5.10 Å². The molecule has 0 unspecified atom stereocenters. The predicted molar refractivity (Wildman–Crippen MR) is 110 cm³/mol. The maximum Gasteiger partial charge on any atom is 0.273 e. The maximum absolute atomic E-state index is 13.4. The zero-order valence-electron chi connectivity index (χ0n) is 16.7. The highest BCUT2D eigenvalue weighted by atomic mass is 35.5. The number of hydrazine groups is 1. The number of carbonyl (C=O) groups excluding carboxylic acids is 2. The normalized spacial score (nSPS) is 21.2. The first kappa shape index (κ1) is 19.5. The molecule has 0 N–H and O–H groups in total. The Labute approximate surface area is 179 Å². The first-order chi connectivity index (χ1) is 14.6. The van der Waals surface area contributed by atoms with Crippen molar-refractivity contribution in [2.75, 3.05) is 39.4 Å². The number of aromatic nitrogens is 2. The van der Waals surface area contributed by atoms with E-state index in [2.05, 4.69) is 10.1 Å². The van der Waals surface area contributed by atoms with Crippen LogP contribution in [0.2, 0.25) is 5.02 Å². The van der Waals surface area contributed by atoms with E-state index in [0.29, 0.717) is 30.4 Å². The molecule has 0 aliphatic carbocycles. The fourth-order valence-electron chi connectivity index (χ4n) is 4.61. The number of hydrogen-bond donors (Lipinski definition) is 0. The van der Waals surface area contributed by atoms with Crippen LogP contribution in [0.5, 0.6) is 0 Å². The average Bonchev–Trinajstić information content (AvgIpc) is 3.20. The van der Waals surface area contributed by atoms with Crippen LogP contribution in [-0.2, 0) is 16.0 Å². The SMILES string of the molecule is O=C1c2c(cnn2-c2ccc(Cl)cc2)CCN1C1CCN(N2CCOCC2=O)CC1. The summed E-state index contributed by atoms with van der Waals surface area (Å²) in [6.45, 7) is 3.58. The van der Waals surface area contributed by atoms with E-state index in [1.54, 1.807) is 23.0 Å². The summed E-state index contributed by atoms with van der Waals surface area (Å²) in [7, 11) is 0. The van der Waals surface area contributed by atoms with E-state index in [4.69, 9.17) is 16.3 Å². The molecule has 0 bridgehead atoms. The number of nitrogens with zero attached hydrogens (tertiary/aromatic N) is 5. The number of hydrogen-bond acceptors (Lipinski definition) is 5. The topological polar surface area (TPSA) is 70.9 Å². The van der Waals surface area contributed by atoms with Crippen LogP contribution in [0.3, 0.4) is 0 Å². The summed E-state index contributed by atoms with van der Waals surface area (Å²) in [6, 6.07) is 7.53. The highest BCUT2D eigenvalue weighted by molar-refractivity contribution is 6.30. The van der Waals surface area contributed by atoms with Crippen LogP contribution in [0.4, 0.5) is 0 Å². The van der Waals surface area contributed by atoms with Gasteiger partial charge < -0.3 is 9.64 Å². The van der Waals surface area contributed by atoms with Gasteiger partial charge in [0.1, 0.15) is 12.3 Å². The minimum absolute atomic E-state index is 0.0188. The number of ether oxygens (including phenoxy) is 1. The Balaban J connectivity index is 1.30. The Morgan fingerprint density at radius 1 is 1.03 bits per heavy atom. The van der Waals surface area contributed by atoms with E-state index in [1.807, 2.05) is 22.0 Å². The Bertz CT molecular complexity index is 952. The van der Waals surface area contributed by atoms with Gasteiger partial charge in [-0.15, -0.1) is 0 Å². The first-order valence-electron chi connectivity index (χ1n) is 10.4. The smallest absolute Gasteiger partial charge is 0.273 e. The van der Waals surface area contributed by atoms with Crippen LogP contribution >= 0.6 is 11.6 Å². The Hall–Kier alpha value is -2.42. The van der Waals surface area contributed by atoms with E-state index in [-0.39, 0.29) is 24.5 Å². The molecule has 158 valence electrons. The molecule has 1 aromatic carbocycles. The third-order valence-corrected chi connectivity index (χ3v) is 6.44. The Morgan fingerprint density at radius 2 is 1.80 bits per heavy atom. The molecule has 0 spiro atoms. The second kappa shape index (κ2) is 8.02. The fraction of sp³-hybridized carbons (Fsp3) is 0.476. The molecule has 2 fully saturated rings. The molecule has 4 heterocycles. The molecule has 1 aromatic heterocycles. The van der Waals surface area contributed by atoms with E-state index < -0.39 is 0 Å². The van der Waals surface area contributed by atoms with E-state index in [9.17, 15) is 9.59 Å². The lowest BCUT2D eigenvalue weighted by molar-refractivity contribution is -0.168. The van der Waals surface area contributed by atoms with Gasteiger partial charge in [0.2, 0.25) is 0 Å². The molecule has 0 atom stereocenters. The number of fused-ring (bicyclic) bond motifs is 1. The summed E-state index contributed by atoms with van der Waals surface area (Å²) in [6.07, 6.45) is 4.30. The summed E-state index contributed by atoms with van der Waals surface area (Å²) in [4.78, 5) is 27.5. The van der Waals surface area contributed by atoms with Crippen molar-refractivity contribution in [3.63, 3.8) is 0 Å². The standard InChI is InChI=1S/C21H24ClN5O3/c22-16-1-3-18(4-2-16)27-20-15(13-23-27)5-10-25(21(20)29)17-6-8-24(9-7-17)26-11-12-30-14-19(26)28/h1-4,13,17H,5-12,14H2. The second-order valence-corrected chi connectivity index (χ2v) is 8.35. The minimum atomic E-state index is 0.0188. The van der Waals surface area contributed by atoms with Crippen molar-refractivity contribution < 1.29 is 14.3 Å². The molecule has 2 aromatic rings. The van der Waals surface area contributed by atoms with E-state index >= 15 is 0 Å². The molecule has 9 heteroatoms. The van der Waals surface area contributed by atoms with Gasteiger partial charge in [-0.25, -0.2) is 9.69 Å². The van der Waals surface area contributed by atoms with Crippen molar-refractivity contribution in [2.24, 2.45) is 0 Å². The lowest BCUT2D eigenvalue weighted by Gasteiger charge is -2.44. The third-order valence-electron chi connectivity index (χ3n) is 6.19. The number of morpholine rings is 1. The lowest BCUT2D eigenvalue weighted by atomic mass is 9.99. The van der Waals surface area contributed by atoms with Crippen molar-refractivity contribution >= 4 is 23.4 Å². The summed E-state index contributed by atoms with van der Waals surface area (Å²) in [5.41, 5.74) is 2.47. The molecule has 0 saturated carbocycles. The van der Waals surface area contributed by atoms with Gasteiger partial charge >= 0.3 is 0 Å². The van der Waals surface area contributed by atoms with Crippen LogP contribution in [-0.4, -0.2) is 81.9 Å². The predicted octanol–water partition coefficient (Wildman–Crippen LogP) is 1.76. The Kier molecular flexibility index (Phi) is 5.22. The number of halogens is 1. The van der Waals surface area contributed by atoms with Gasteiger partial charge in [0, 0.05) is 36.3 Å². The minimum Gasteiger partial charge on any atom is -0.370 e. The highest BCUT2D eigenvalue weighted by Gasteiger charge is 2.36. The van der Waals surface area contributed by atoms with Crippen LogP contribution in [0.25, 0.3) is 5.69 Å². The number of amides is 2. The molecule has 3 aliphatic heterocycles. The monoisotopic (exact) mass is 429 g/mol. The maximum atomic E-state index is 13.4. The Morgan fingerprint density at radius 3 is 2.53 bits per heavy atom. The third kappa shape index (κ3) is 3.49. The fourth-order valence-corrected chi connectivity index (χ4v) is 4.74. The summed E-state index contributed by atoms with van der Waals surface area (Å²) < 4.78 is 6.95. The van der Waals surface area contributed by atoms with Gasteiger partial charge in [0.05, 0.1) is 25.0 Å². The molecule has 2 saturated heterocycles. The highest BCUT2D eigenvalue weighted by Crippen LogP contribution is 2.27. The van der Waals surface area contributed by atoms with Gasteiger partial charge in [0.25, 0.3) is 11.8 Å². The van der Waals surface area contributed by atoms with Crippen LogP contribution in [0.1, 0.15) is 28.9 Å². The molecular weight excluding hydrogens is 406 g/mol. The van der Waals surface area contributed by atoms with Gasteiger partial charge in [-0.3, -0.25) is 14.6 Å². The number of benzene rings is 1. The van der Waals surface area contributed by atoms with Gasteiger partial charge in [-0.05, 0) is 43.5 Å². The molecular formula is C21H24ClN5O3. The van der Waals surface area contributed by atoms with Gasteiger partial charge in [-0.1, -0.05) is 11.6 Å². The zero-order chi connectivity index (χ0) is 20.7. The van der Waals surface area contributed by atoms with Crippen molar-refractivity contribution in [3.05, 3.63) is 46.7 Å². The van der Waals surface area contributed by atoms with E-state index in [0.717, 1.165) is 43.6 Å². The van der Waals surface area contributed by atoms with Crippen LogP contribution < -0.4 is 0 Å². The lowest BCUT2D eigenvalue weighted by Crippen LogP contribution is -2.57. The largest absolute Gasteiger partial charge is 0.370 e. The summed E-state index contributed by atoms with van der Waals surface area (Å²) in [5.74, 6) is 0.0508. The first-order valence-corrected chi connectivity index (χ1v) is 10.8. The molecule has 5 rings (SSSR count). The van der Waals surface area contributed by atoms with E-state index in [1.165, 1.54) is 0 Å². The zero-order valence-corrected chi connectivity index (χ0v) is 17.4. The van der Waals surface area contributed by atoms with Crippen molar-refractivity contribution in [3.8, 4) is 5.69 Å². The summed E-state index contributed by atoms with van der Waals surface area (Å²) >= 11 is 6.01. The van der Waals surface area contributed by atoms with Crippen molar-refractivity contribution in [1.29, 1.82) is 0 Å². The van der Waals surface area contributed by atoms with Crippen LogP contribution in [0.15, 0.2) is 30.5 Å². The average molecular weight is 430 g/mol. The number of carbonyl (C=O) groups is 2. The number of piperidine rings is 1.